The lowest BCUT2D eigenvalue weighted by Gasteiger charge is -2.26. The minimum absolute atomic E-state index is 0.267. The van der Waals surface area contributed by atoms with E-state index in [-0.39, 0.29) is 6.04 Å². The lowest BCUT2D eigenvalue weighted by atomic mass is 10.0. The van der Waals surface area contributed by atoms with Crippen molar-refractivity contribution in [1.82, 2.24) is 4.90 Å². The molecule has 0 spiro atoms. The third kappa shape index (κ3) is 2.19. The Hall–Kier alpha value is -1.22. The molecule has 1 atom stereocenters. The van der Waals surface area contributed by atoms with Gasteiger partial charge >= 0.3 is 0 Å². The summed E-state index contributed by atoms with van der Waals surface area (Å²) in [5.41, 5.74) is 8.32. The molecule has 1 aliphatic heterocycles. The van der Waals surface area contributed by atoms with Gasteiger partial charge in [0.2, 0.25) is 0 Å². The molecule has 1 unspecified atom stereocenters. The van der Waals surface area contributed by atoms with Gasteiger partial charge < -0.3 is 10.6 Å². The summed E-state index contributed by atoms with van der Waals surface area (Å²) in [4.78, 5) is 6.62. The van der Waals surface area contributed by atoms with Gasteiger partial charge in [-0.3, -0.25) is 4.99 Å². The predicted octanol–water partition coefficient (Wildman–Crippen LogP) is 2.73. The van der Waals surface area contributed by atoms with Crippen molar-refractivity contribution >= 4 is 17.6 Å². The van der Waals surface area contributed by atoms with Gasteiger partial charge in [0, 0.05) is 11.6 Å². The van der Waals surface area contributed by atoms with Crippen LogP contribution in [0.3, 0.4) is 0 Å². The van der Waals surface area contributed by atoms with Gasteiger partial charge in [-0.2, -0.15) is 0 Å². The lowest BCUT2D eigenvalue weighted by molar-refractivity contribution is 0.334. The number of halogens is 1. The van der Waals surface area contributed by atoms with Gasteiger partial charge in [-0.05, 0) is 42.9 Å². The smallest absolute Gasteiger partial charge is 0.191 e. The van der Waals surface area contributed by atoms with Crippen LogP contribution in [-0.4, -0.2) is 23.9 Å². The maximum Gasteiger partial charge on any atom is 0.191 e. The van der Waals surface area contributed by atoms with Crippen molar-refractivity contribution in [3.05, 3.63) is 34.3 Å². The van der Waals surface area contributed by atoms with E-state index in [4.69, 9.17) is 17.3 Å². The Morgan fingerprint density at radius 3 is 2.89 bits per heavy atom. The van der Waals surface area contributed by atoms with E-state index in [9.17, 15) is 0 Å². The third-order valence-electron chi connectivity index (χ3n) is 3.83. The highest BCUT2D eigenvalue weighted by molar-refractivity contribution is 6.31. The van der Waals surface area contributed by atoms with Crippen LogP contribution in [0, 0.1) is 12.8 Å². The highest BCUT2D eigenvalue weighted by Gasteiger charge is 2.33. The van der Waals surface area contributed by atoms with E-state index in [2.05, 4.69) is 28.1 Å². The summed E-state index contributed by atoms with van der Waals surface area (Å²) in [6, 6.07) is 6.53. The number of nitrogens with two attached hydrogens (primary N) is 1. The summed E-state index contributed by atoms with van der Waals surface area (Å²) in [5.74, 6) is 1.49. The minimum Gasteiger partial charge on any atom is -0.370 e. The molecule has 0 radical (unpaired) electrons. The molecule has 1 aromatic carbocycles. The zero-order valence-corrected chi connectivity index (χ0v) is 11.3. The van der Waals surface area contributed by atoms with Crippen molar-refractivity contribution in [1.29, 1.82) is 0 Å². The van der Waals surface area contributed by atoms with Gasteiger partial charge in [0.15, 0.2) is 5.96 Å². The molecular weight excluding hydrogens is 246 g/mol. The second-order valence-corrected chi connectivity index (χ2v) is 5.73. The normalized spacial score (nSPS) is 23.3. The molecule has 18 heavy (non-hydrogen) atoms. The van der Waals surface area contributed by atoms with Crippen LogP contribution in [0.25, 0.3) is 0 Å². The third-order valence-corrected chi connectivity index (χ3v) is 4.24. The summed E-state index contributed by atoms with van der Waals surface area (Å²) in [7, 11) is 0. The van der Waals surface area contributed by atoms with Crippen LogP contribution in [0.5, 0.6) is 0 Å². The monoisotopic (exact) mass is 263 g/mol. The first-order valence-corrected chi connectivity index (χ1v) is 6.85. The highest BCUT2D eigenvalue weighted by Crippen LogP contribution is 2.35. The first kappa shape index (κ1) is 11.8. The number of benzene rings is 1. The molecule has 1 aromatic rings. The largest absolute Gasteiger partial charge is 0.370 e. The van der Waals surface area contributed by atoms with Crippen LogP contribution in [0.2, 0.25) is 5.02 Å². The summed E-state index contributed by atoms with van der Waals surface area (Å²) in [6.45, 7) is 3.80. The highest BCUT2D eigenvalue weighted by atomic mass is 35.5. The molecule has 1 fully saturated rings. The molecule has 0 saturated heterocycles. The van der Waals surface area contributed by atoms with E-state index in [0.717, 1.165) is 29.6 Å². The average molecular weight is 264 g/mol. The number of aliphatic imine (C=N–C) groups is 1. The average Bonchev–Trinajstić information content (AvgIpc) is 3.09. The van der Waals surface area contributed by atoms with Crippen LogP contribution < -0.4 is 5.73 Å². The molecule has 0 bridgehead atoms. The maximum absolute atomic E-state index is 6.21. The van der Waals surface area contributed by atoms with Gasteiger partial charge in [0.05, 0.1) is 12.6 Å². The first-order valence-electron chi connectivity index (χ1n) is 6.48. The van der Waals surface area contributed by atoms with Crippen LogP contribution >= 0.6 is 11.6 Å². The van der Waals surface area contributed by atoms with E-state index in [0.29, 0.717) is 5.96 Å². The molecule has 2 N–H and O–H groups in total. The molecule has 4 heteroatoms. The molecule has 96 valence electrons. The van der Waals surface area contributed by atoms with Gasteiger partial charge in [-0.25, -0.2) is 0 Å². The number of hydrogen-bond donors (Lipinski definition) is 1. The lowest BCUT2D eigenvalue weighted by Crippen LogP contribution is -2.37. The zero-order valence-electron chi connectivity index (χ0n) is 10.6. The zero-order chi connectivity index (χ0) is 12.7. The predicted molar refractivity (Wildman–Crippen MR) is 74.8 cm³/mol. The van der Waals surface area contributed by atoms with Crippen molar-refractivity contribution < 1.29 is 0 Å². The number of nitrogens with zero attached hydrogens (tertiary/aromatic N) is 2. The molecule has 2 aliphatic rings. The second kappa shape index (κ2) is 4.47. The Bertz CT molecular complexity index is 494. The molecule has 3 nitrogen and oxygen atoms in total. The van der Waals surface area contributed by atoms with E-state index >= 15 is 0 Å². The Morgan fingerprint density at radius 1 is 1.44 bits per heavy atom. The van der Waals surface area contributed by atoms with Gasteiger partial charge in [0.25, 0.3) is 0 Å². The molecular formula is C14H18ClN3. The molecule has 1 aliphatic carbocycles. The van der Waals surface area contributed by atoms with Crippen LogP contribution in [0.4, 0.5) is 0 Å². The summed E-state index contributed by atoms with van der Waals surface area (Å²) in [6.07, 6.45) is 2.65. The first-order chi connectivity index (χ1) is 8.65. The standard InChI is InChI=1S/C14H18ClN3/c1-9-2-5-11(6-12(9)15)13-7-17-14(16)18(13)8-10-3-4-10/h2,5-6,10,13H,3-4,7-8H2,1H3,(H2,16,17). The Morgan fingerprint density at radius 2 is 2.22 bits per heavy atom. The van der Waals surface area contributed by atoms with Crippen LogP contribution in [-0.2, 0) is 0 Å². The summed E-state index contributed by atoms with van der Waals surface area (Å²) < 4.78 is 0. The topological polar surface area (TPSA) is 41.6 Å². The fraction of sp³-hybridized carbons (Fsp3) is 0.500. The maximum atomic E-state index is 6.21. The summed E-state index contributed by atoms with van der Waals surface area (Å²) in [5, 5.41) is 0.823. The number of rotatable bonds is 3. The number of hydrogen-bond acceptors (Lipinski definition) is 3. The van der Waals surface area contributed by atoms with Crippen molar-refractivity contribution in [3.63, 3.8) is 0 Å². The molecule has 1 heterocycles. The van der Waals surface area contributed by atoms with Crippen molar-refractivity contribution in [2.45, 2.75) is 25.8 Å². The fourth-order valence-electron chi connectivity index (χ4n) is 2.43. The van der Waals surface area contributed by atoms with Crippen molar-refractivity contribution in [2.75, 3.05) is 13.1 Å². The van der Waals surface area contributed by atoms with E-state index < -0.39 is 0 Å². The van der Waals surface area contributed by atoms with E-state index in [1.165, 1.54) is 18.4 Å². The second-order valence-electron chi connectivity index (χ2n) is 5.32. The molecule has 3 rings (SSSR count). The number of guanidine groups is 1. The van der Waals surface area contributed by atoms with Gasteiger partial charge in [0.1, 0.15) is 0 Å². The molecule has 1 saturated carbocycles. The van der Waals surface area contributed by atoms with Gasteiger partial charge in [-0.1, -0.05) is 23.7 Å². The minimum atomic E-state index is 0.267. The van der Waals surface area contributed by atoms with Gasteiger partial charge in [-0.15, -0.1) is 0 Å². The number of aryl methyl sites for hydroxylation is 1. The van der Waals surface area contributed by atoms with E-state index in [1.54, 1.807) is 0 Å². The summed E-state index contributed by atoms with van der Waals surface area (Å²) >= 11 is 6.21. The van der Waals surface area contributed by atoms with Crippen LogP contribution in [0.15, 0.2) is 23.2 Å². The SMILES string of the molecule is Cc1ccc(C2CN=C(N)N2CC2CC2)cc1Cl. The quantitative estimate of drug-likeness (QED) is 0.911. The molecule has 0 aromatic heterocycles. The van der Waals surface area contributed by atoms with Crippen molar-refractivity contribution in [3.8, 4) is 0 Å². The Balaban J connectivity index is 1.83. The van der Waals surface area contributed by atoms with Crippen LogP contribution in [0.1, 0.15) is 30.0 Å². The fourth-order valence-corrected chi connectivity index (χ4v) is 2.62. The van der Waals surface area contributed by atoms with Crippen molar-refractivity contribution in [2.24, 2.45) is 16.6 Å². The molecule has 0 amide bonds. The Labute approximate surface area is 113 Å². The Kier molecular flexibility index (Phi) is 2.94. The van der Waals surface area contributed by atoms with E-state index in [1.807, 2.05) is 6.92 Å².